The van der Waals surface area contributed by atoms with Gasteiger partial charge in [-0.2, -0.15) is 5.10 Å². The molecule has 0 radical (unpaired) electrons. The topological polar surface area (TPSA) is 120 Å². The summed E-state index contributed by atoms with van der Waals surface area (Å²) in [7, 11) is 0. The average molecular weight is 326 g/mol. The van der Waals surface area contributed by atoms with E-state index in [2.05, 4.69) is 26.2 Å². The zero-order valence-corrected chi connectivity index (χ0v) is 11.0. The van der Waals surface area contributed by atoms with Crippen LogP contribution < -0.4 is 5.73 Å². The van der Waals surface area contributed by atoms with Crippen molar-refractivity contribution in [3.63, 3.8) is 0 Å². The highest BCUT2D eigenvalue weighted by atomic mass is 79.9. The number of nitrogens with two attached hydrogens (primary N) is 1. The van der Waals surface area contributed by atoms with Gasteiger partial charge in [-0.3, -0.25) is 10.1 Å². The Kier molecular flexibility index (Phi) is 3.47. The number of nitrogens with zero attached hydrogens (tertiary/aromatic N) is 4. The van der Waals surface area contributed by atoms with E-state index in [1.807, 2.05) is 0 Å². The van der Waals surface area contributed by atoms with Crippen molar-refractivity contribution >= 4 is 27.5 Å². The van der Waals surface area contributed by atoms with E-state index in [-0.39, 0.29) is 22.8 Å². The molecule has 0 saturated heterocycles. The van der Waals surface area contributed by atoms with Crippen LogP contribution in [0.2, 0.25) is 0 Å². The molecule has 98 valence electrons. The quantitative estimate of drug-likeness (QED) is 0.292. The molecule has 1 aromatic heterocycles. The first-order valence-corrected chi connectivity index (χ1v) is 5.79. The molecule has 0 spiro atoms. The first-order valence-electron chi connectivity index (χ1n) is 5.00. The van der Waals surface area contributed by atoms with Crippen molar-refractivity contribution in [2.45, 2.75) is 0 Å². The van der Waals surface area contributed by atoms with Crippen molar-refractivity contribution in [3.8, 4) is 5.69 Å². The molecule has 0 saturated carbocycles. The molecule has 2 rings (SSSR count). The molecule has 0 aliphatic rings. The highest BCUT2D eigenvalue weighted by molar-refractivity contribution is 9.10. The molecule has 0 amide bonds. The van der Waals surface area contributed by atoms with E-state index in [1.165, 1.54) is 29.1 Å². The minimum Gasteiger partial charge on any atom is -0.409 e. The highest BCUT2D eigenvalue weighted by Gasteiger charge is 2.18. The van der Waals surface area contributed by atoms with Gasteiger partial charge >= 0.3 is 0 Å². The van der Waals surface area contributed by atoms with Crippen LogP contribution in [0.25, 0.3) is 5.69 Å². The van der Waals surface area contributed by atoms with E-state index < -0.39 is 4.92 Å². The van der Waals surface area contributed by atoms with E-state index >= 15 is 0 Å². The molecule has 3 N–H and O–H groups in total. The predicted octanol–water partition coefficient (Wildman–Crippen LogP) is 1.64. The number of amidine groups is 1. The molecule has 9 heteroatoms. The molecule has 1 heterocycles. The number of aromatic nitrogens is 2. The Bertz CT molecular complexity index is 667. The maximum absolute atomic E-state index is 11.1. The molecule has 2 aromatic rings. The first-order chi connectivity index (χ1) is 9.02. The third-order valence-corrected chi connectivity index (χ3v) is 2.78. The van der Waals surface area contributed by atoms with Crippen molar-refractivity contribution in [2.75, 3.05) is 0 Å². The number of rotatable bonds is 3. The zero-order valence-electron chi connectivity index (χ0n) is 9.39. The van der Waals surface area contributed by atoms with E-state index in [4.69, 9.17) is 10.9 Å². The summed E-state index contributed by atoms with van der Waals surface area (Å²) in [6, 6.07) is 4.21. The van der Waals surface area contributed by atoms with Gasteiger partial charge in [0.2, 0.25) is 0 Å². The summed E-state index contributed by atoms with van der Waals surface area (Å²) in [4.78, 5) is 10.5. The van der Waals surface area contributed by atoms with Crippen molar-refractivity contribution < 1.29 is 10.1 Å². The Morgan fingerprint density at radius 3 is 2.84 bits per heavy atom. The average Bonchev–Trinajstić information content (AvgIpc) is 2.83. The van der Waals surface area contributed by atoms with Gasteiger partial charge < -0.3 is 10.9 Å². The summed E-state index contributed by atoms with van der Waals surface area (Å²) in [5.74, 6) is -0.198. The van der Waals surface area contributed by atoms with Crippen molar-refractivity contribution in [3.05, 3.63) is 50.7 Å². The van der Waals surface area contributed by atoms with Crippen LogP contribution >= 0.6 is 15.9 Å². The van der Waals surface area contributed by atoms with Crippen LogP contribution in [0.3, 0.4) is 0 Å². The molecule has 8 nitrogen and oxygen atoms in total. The minimum absolute atomic E-state index is 0.195. The number of nitro benzene ring substituents is 1. The van der Waals surface area contributed by atoms with E-state index in [0.29, 0.717) is 4.47 Å². The lowest BCUT2D eigenvalue weighted by atomic mass is 10.1. The third-order valence-electron chi connectivity index (χ3n) is 2.37. The predicted molar refractivity (Wildman–Crippen MR) is 70.4 cm³/mol. The Morgan fingerprint density at radius 2 is 2.32 bits per heavy atom. The number of benzene rings is 1. The van der Waals surface area contributed by atoms with Crippen molar-refractivity contribution in [2.24, 2.45) is 10.9 Å². The molecule has 0 bridgehead atoms. The highest BCUT2D eigenvalue weighted by Crippen LogP contribution is 2.24. The van der Waals surface area contributed by atoms with Gasteiger partial charge in [0, 0.05) is 17.8 Å². The van der Waals surface area contributed by atoms with Gasteiger partial charge in [0.25, 0.3) is 5.69 Å². The minimum atomic E-state index is -0.556. The normalized spacial score (nSPS) is 11.5. The lowest BCUT2D eigenvalue weighted by Gasteiger charge is -2.05. The molecular weight excluding hydrogens is 318 g/mol. The van der Waals surface area contributed by atoms with Crippen LogP contribution in [0.4, 0.5) is 5.69 Å². The number of hydrogen-bond donors (Lipinski definition) is 2. The maximum atomic E-state index is 11.1. The van der Waals surface area contributed by atoms with Gasteiger partial charge in [0.1, 0.15) is 5.69 Å². The Balaban J connectivity index is 2.59. The molecule has 1 aromatic carbocycles. The van der Waals surface area contributed by atoms with Crippen LogP contribution in [0.5, 0.6) is 0 Å². The van der Waals surface area contributed by atoms with Crippen molar-refractivity contribution in [1.29, 1.82) is 0 Å². The monoisotopic (exact) mass is 325 g/mol. The molecule has 0 aliphatic heterocycles. The Hall–Kier alpha value is -2.42. The van der Waals surface area contributed by atoms with Crippen molar-refractivity contribution in [1.82, 2.24) is 9.78 Å². The van der Waals surface area contributed by atoms with Gasteiger partial charge in [-0.05, 0) is 28.1 Å². The largest absolute Gasteiger partial charge is 0.409 e. The molecular formula is C10H8BrN5O3. The number of hydrogen-bond acceptors (Lipinski definition) is 5. The lowest BCUT2D eigenvalue weighted by Crippen LogP contribution is -2.14. The smallest absolute Gasteiger partial charge is 0.295 e. The molecule has 0 unspecified atom stereocenters. The first kappa shape index (κ1) is 13.0. The number of halogens is 1. The zero-order chi connectivity index (χ0) is 14.0. The standard InChI is InChI=1S/C10H8BrN5O3/c11-7-4-13-15(5-7)8-2-1-6(10(12)14-17)3-9(8)16(18)19/h1-5,17H,(H2,12,14). The SMILES string of the molecule is N/C(=N/O)c1ccc(-n2cc(Br)cn2)c([N+](=O)[O-])c1. The summed E-state index contributed by atoms with van der Waals surface area (Å²) in [6.07, 6.45) is 3.10. The Morgan fingerprint density at radius 1 is 1.58 bits per heavy atom. The summed E-state index contributed by atoms with van der Waals surface area (Å²) < 4.78 is 2.06. The number of oxime groups is 1. The van der Waals surface area contributed by atoms with Crippen LogP contribution in [0.15, 0.2) is 40.2 Å². The molecule has 19 heavy (non-hydrogen) atoms. The summed E-state index contributed by atoms with van der Waals surface area (Å²) in [5, 5.41) is 26.4. The van der Waals surface area contributed by atoms with Gasteiger partial charge in [0.05, 0.1) is 15.6 Å². The molecule has 0 atom stereocenters. The van der Waals surface area contributed by atoms with Gasteiger partial charge in [-0.1, -0.05) is 5.16 Å². The van der Waals surface area contributed by atoms with Crippen LogP contribution in [-0.2, 0) is 0 Å². The van der Waals surface area contributed by atoms with Gasteiger partial charge in [-0.15, -0.1) is 0 Å². The number of nitro groups is 1. The second kappa shape index (κ2) is 5.06. The molecule has 0 fully saturated rings. The van der Waals surface area contributed by atoms with E-state index in [9.17, 15) is 10.1 Å². The van der Waals surface area contributed by atoms with Crippen LogP contribution in [0.1, 0.15) is 5.56 Å². The third kappa shape index (κ3) is 2.55. The fourth-order valence-electron chi connectivity index (χ4n) is 1.51. The summed E-state index contributed by atoms with van der Waals surface area (Å²) >= 11 is 3.21. The van der Waals surface area contributed by atoms with E-state index in [1.54, 1.807) is 6.20 Å². The van der Waals surface area contributed by atoms with Gasteiger partial charge in [-0.25, -0.2) is 4.68 Å². The van der Waals surface area contributed by atoms with Gasteiger partial charge in [0.15, 0.2) is 5.84 Å². The lowest BCUT2D eigenvalue weighted by molar-refractivity contribution is -0.384. The second-order valence-corrected chi connectivity index (χ2v) is 4.46. The fraction of sp³-hybridized carbons (Fsp3) is 0. The van der Waals surface area contributed by atoms with E-state index in [0.717, 1.165) is 0 Å². The Labute approximate surface area is 115 Å². The summed E-state index contributed by atoms with van der Waals surface area (Å²) in [5.41, 5.74) is 5.75. The second-order valence-electron chi connectivity index (χ2n) is 3.55. The fourth-order valence-corrected chi connectivity index (χ4v) is 1.80. The van der Waals surface area contributed by atoms with Crippen LogP contribution in [-0.4, -0.2) is 25.7 Å². The maximum Gasteiger partial charge on any atom is 0.295 e. The molecule has 0 aliphatic carbocycles. The van der Waals surface area contributed by atoms with Crippen LogP contribution in [0, 0.1) is 10.1 Å². The summed E-state index contributed by atoms with van der Waals surface area (Å²) in [6.45, 7) is 0.